The van der Waals surface area contributed by atoms with Crippen LogP contribution in [0.3, 0.4) is 0 Å². The molecule has 0 amide bonds. The van der Waals surface area contributed by atoms with Crippen LogP contribution in [0.25, 0.3) is 27.6 Å². The SMILES string of the molecule is CCCCn1c(=O)c2ccccc2c2nc3ccccn3c21. The lowest BCUT2D eigenvalue weighted by atomic mass is 10.1. The van der Waals surface area contributed by atoms with Crippen molar-refractivity contribution in [2.24, 2.45) is 0 Å². The van der Waals surface area contributed by atoms with Crippen LogP contribution in [-0.4, -0.2) is 14.0 Å². The molecule has 0 aliphatic rings. The van der Waals surface area contributed by atoms with Gasteiger partial charge in [-0.3, -0.25) is 13.8 Å². The molecule has 4 rings (SSSR count). The van der Waals surface area contributed by atoms with Crippen LogP contribution in [0.4, 0.5) is 0 Å². The monoisotopic (exact) mass is 291 g/mol. The number of nitrogens with zero attached hydrogens (tertiary/aromatic N) is 3. The van der Waals surface area contributed by atoms with E-state index in [4.69, 9.17) is 4.98 Å². The topological polar surface area (TPSA) is 39.3 Å². The number of rotatable bonds is 3. The minimum atomic E-state index is 0.0715. The predicted molar refractivity (Wildman–Crippen MR) is 89.4 cm³/mol. The molecule has 110 valence electrons. The van der Waals surface area contributed by atoms with E-state index in [9.17, 15) is 4.79 Å². The molecule has 0 saturated heterocycles. The third-order valence-corrected chi connectivity index (χ3v) is 4.15. The van der Waals surface area contributed by atoms with Crippen molar-refractivity contribution in [2.75, 3.05) is 0 Å². The molecule has 0 radical (unpaired) electrons. The number of fused-ring (bicyclic) bond motifs is 5. The highest BCUT2D eigenvalue weighted by Crippen LogP contribution is 2.23. The van der Waals surface area contributed by atoms with Gasteiger partial charge in [0.15, 0.2) is 0 Å². The van der Waals surface area contributed by atoms with E-state index in [0.29, 0.717) is 0 Å². The maximum Gasteiger partial charge on any atom is 0.260 e. The summed E-state index contributed by atoms with van der Waals surface area (Å²) in [4.78, 5) is 17.7. The maximum absolute atomic E-state index is 12.9. The standard InChI is InChI=1S/C18H17N3O/c1-2-3-11-21-17-16(19-15-10-6-7-12-20(15)17)13-8-4-5-9-14(13)18(21)22/h4-10,12H,2-3,11H2,1H3. The summed E-state index contributed by atoms with van der Waals surface area (Å²) in [6.07, 6.45) is 4.01. The largest absolute Gasteiger partial charge is 0.292 e. The van der Waals surface area contributed by atoms with Gasteiger partial charge in [-0.15, -0.1) is 0 Å². The first-order valence-corrected chi connectivity index (χ1v) is 7.69. The van der Waals surface area contributed by atoms with Gasteiger partial charge < -0.3 is 0 Å². The van der Waals surface area contributed by atoms with Crippen molar-refractivity contribution >= 4 is 27.6 Å². The van der Waals surface area contributed by atoms with E-state index in [0.717, 1.165) is 47.0 Å². The van der Waals surface area contributed by atoms with Crippen LogP contribution in [0.5, 0.6) is 0 Å². The number of pyridine rings is 2. The summed E-state index contributed by atoms with van der Waals surface area (Å²) < 4.78 is 3.89. The lowest BCUT2D eigenvalue weighted by Crippen LogP contribution is -2.21. The molecule has 22 heavy (non-hydrogen) atoms. The van der Waals surface area contributed by atoms with E-state index in [-0.39, 0.29) is 5.56 Å². The Morgan fingerprint density at radius 3 is 2.64 bits per heavy atom. The first-order valence-electron chi connectivity index (χ1n) is 7.69. The molecule has 4 aromatic rings. The number of hydrogen-bond acceptors (Lipinski definition) is 2. The van der Waals surface area contributed by atoms with Crippen molar-refractivity contribution < 1.29 is 0 Å². The van der Waals surface area contributed by atoms with Gasteiger partial charge in [0.2, 0.25) is 0 Å². The second-order valence-electron chi connectivity index (χ2n) is 5.57. The van der Waals surface area contributed by atoms with Crippen molar-refractivity contribution in [3.8, 4) is 0 Å². The minimum Gasteiger partial charge on any atom is -0.292 e. The fourth-order valence-corrected chi connectivity index (χ4v) is 3.06. The molecule has 0 aliphatic carbocycles. The molecule has 0 fully saturated rings. The molecule has 0 spiro atoms. The Morgan fingerprint density at radius 2 is 1.82 bits per heavy atom. The number of imidazole rings is 1. The molecule has 0 unspecified atom stereocenters. The van der Waals surface area contributed by atoms with E-state index in [2.05, 4.69) is 6.92 Å². The van der Waals surface area contributed by atoms with Crippen LogP contribution in [0.1, 0.15) is 19.8 Å². The van der Waals surface area contributed by atoms with Gasteiger partial charge in [0.1, 0.15) is 16.8 Å². The molecule has 0 atom stereocenters. The molecule has 3 heterocycles. The Labute approximate surface area is 127 Å². The normalized spacial score (nSPS) is 11.7. The molecular weight excluding hydrogens is 274 g/mol. The summed E-state index contributed by atoms with van der Waals surface area (Å²) in [5.74, 6) is 0. The van der Waals surface area contributed by atoms with Gasteiger partial charge in [0, 0.05) is 23.5 Å². The molecule has 0 aliphatic heterocycles. The zero-order valence-corrected chi connectivity index (χ0v) is 12.5. The third kappa shape index (κ3) is 1.77. The van der Waals surface area contributed by atoms with E-state index in [1.54, 1.807) is 0 Å². The number of aryl methyl sites for hydroxylation is 1. The van der Waals surface area contributed by atoms with Crippen molar-refractivity contribution in [3.05, 3.63) is 59.0 Å². The Kier molecular flexibility index (Phi) is 2.96. The van der Waals surface area contributed by atoms with E-state index >= 15 is 0 Å². The Bertz CT molecular complexity index is 1040. The van der Waals surface area contributed by atoms with Crippen LogP contribution in [0.2, 0.25) is 0 Å². The molecule has 4 heteroatoms. The lowest BCUT2D eigenvalue weighted by molar-refractivity contribution is 0.629. The van der Waals surface area contributed by atoms with Gasteiger partial charge in [-0.2, -0.15) is 0 Å². The molecule has 0 saturated carbocycles. The smallest absolute Gasteiger partial charge is 0.260 e. The summed E-state index contributed by atoms with van der Waals surface area (Å²) in [6, 6.07) is 13.7. The van der Waals surface area contributed by atoms with Gasteiger partial charge in [0.25, 0.3) is 5.56 Å². The molecule has 1 aromatic carbocycles. The average molecular weight is 291 g/mol. The summed E-state index contributed by atoms with van der Waals surface area (Å²) in [5, 5.41) is 1.67. The van der Waals surface area contributed by atoms with Crippen LogP contribution in [0, 0.1) is 0 Å². The quantitative estimate of drug-likeness (QED) is 0.578. The van der Waals surface area contributed by atoms with Crippen LogP contribution in [-0.2, 0) is 6.54 Å². The molecular formula is C18H17N3O. The second kappa shape index (κ2) is 4.98. The van der Waals surface area contributed by atoms with E-state index in [1.807, 2.05) is 57.6 Å². The van der Waals surface area contributed by atoms with E-state index < -0.39 is 0 Å². The van der Waals surface area contributed by atoms with Gasteiger partial charge in [-0.25, -0.2) is 4.98 Å². The fourth-order valence-electron chi connectivity index (χ4n) is 3.06. The van der Waals surface area contributed by atoms with Crippen molar-refractivity contribution in [3.63, 3.8) is 0 Å². The minimum absolute atomic E-state index is 0.0715. The zero-order valence-electron chi connectivity index (χ0n) is 12.5. The highest BCUT2D eigenvalue weighted by molar-refractivity contribution is 6.03. The highest BCUT2D eigenvalue weighted by atomic mass is 16.1. The molecule has 4 nitrogen and oxygen atoms in total. The number of unbranched alkanes of at least 4 members (excludes halogenated alkanes) is 1. The van der Waals surface area contributed by atoms with Gasteiger partial charge in [-0.05, 0) is 24.6 Å². The van der Waals surface area contributed by atoms with Crippen molar-refractivity contribution in [1.29, 1.82) is 0 Å². The second-order valence-corrected chi connectivity index (χ2v) is 5.57. The van der Waals surface area contributed by atoms with Crippen LogP contribution in [0.15, 0.2) is 53.5 Å². The number of aromatic nitrogens is 3. The van der Waals surface area contributed by atoms with Crippen LogP contribution < -0.4 is 5.56 Å². The van der Waals surface area contributed by atoms with Crippen molar-refractivity contribution in [2.45, 2.75) is 26.3 Å². The highest BCUT2D eigenvalue weighted by Gasteiger charge is 2.15. The molecule has 3 aromatic heterocycles. The first kappa shape index (κ1) is 13.1. The number of benzene rings is 1. The van der Waals surface area contributed by atoms with Crippen molar-refractivity contribution in [1.82, 2.24) is 14.0 Å². The van der Waals surface area contributed by atoms with Crippen LogP contribution >= 0.6 is 0 Å². The summed E-state index contributed by atoms with van der Waals surface area (Å²) in [7, 11) is 0. The third-order valence-electron chi connectivity index (χ3n) is 4.15. The maximum atomic E-state index is 12.9. The Morgan fingerprint density at radius 1 is 1.05 bits per heavy atom. The average Bonchev–Trinajstić information content (AvgIpc) is 2.95. The zero-order chi connectivity index (χ0) is 15.1. The summed E-state index contributed by atoms with van der Waals surface area (Å²) >= 11 is 0. The fraction of sp³-hybridized carbons (Fsp3) is 0.222. The molecule has 0 bridgehead atoms. The molecule has 0 N–H and O–H groups in total. The Balaban J connectivity index is 2.25. The van der Waals surface area contributed by atoms with Gasteiger partial charge >= 0.3 is 0 Å². The Hall–Kier alpha value is -2.62. The first-order chi connectivity index (χ1) is 10.8. The number of hydrogen-bond donors (Lipinski definition) is 0. The van der Waals surface area contributed by atoms with E-state index in [1.165, 1.54) is 0 Å². The van der Waals surface area contributed by atoms with Gasteiger partial charge in [-0.1, -0.05) is 37.6 Å². The predicted octanol–water partition coefficient (Wildman–Crippen LogP) is 3.60. The van der Waals surface area contributed by atoms with Gasteiger partial charge in [0.05, 0.1) is 0 Å². The summed E-state index contributed by atoms with van der Waals surface area (Å²) in [5.41, 5.74) is 2.74. The lowest BCUT2D eigenvalue weighted by Gasteiger charge is -2.10. The summed E-state index contributed by atoms with van der Waals surface area (Å²) in [6.45, 7) is 2.86.